The molecule has 7 nitrogen and oxygen atoms in total. The van der Waals surface area contributed by atoms with Crippen LogP contribution in [0.1, 0.15) is 17.0 Å². The van der Waals surface area contributed by atoms with Crippen LogP contribution in [0, 0.1) is 0 Å². The van der Waals surface area contributed by atoms with Crippen molar-refractivity contribution in [1.29, 1.82) is 0 Å². The maximum atomic E-state index is 10.9. The van der Waals surface area contributed by atoms with Crippen molar-refractivity contribution in [2.75, 3.05) is 6.54 Å². The van der Waals surface area contributed by atoms with E-state index in [2.05, 4.69) is 25.6 Å². The summed E-state index contributed by atoms with van der Waals surface area (Å²) in [7, 11) is -2.06. The Labute approximate surface area is 181 Å². The van der Waals surface area contributed by atoms with E-state index in [-0.39, 0.29) is 28.6 Å². The molecule has 1 aromatic carbocycles. The molecule has 2 unspecified atom stereocenters. The normalized spacial score (nSPS) is 14.1. The summed E-state index contributed by atoms with van der Waals surface area (Å²) in [6.07, 6.45) is 0.410. The summed E-state index contributed by atoms with van der Waals surface area (Å²) < 4.78 is 35.8. The van der Waals surface area contributed by atoms with E-state index in [4.69, 9.17) is 8.84 Å². The molecule has 0 aliphatic rings. The number of aromatic nitrogens is 1. The molecule has 0 spiro atoms. The number of fused-ring (bicyclic) bond motifs is 1. The largest absolute Gasteiger partial charge is 0.760 e. The first-order chi connectivity index (χ1) is 13.7. The average molecular weight is 498 g/mol. The monoisotopic (exact) mass is 497 g/mol. The van der Waals surface area contributed by atoms with Gasteiger partial charge in [0.05, 0.1) is 10.3 Å². The van der Waals surface area contributed by atoms with Crippen LogP contribution in [-0.4, -0.2) is 33.7 Å². The van der Waals surface area contributed by atoms with Gasteiger partial charge in [-0.2, -0.15) is 0 Å². The van der Waals surface area contributed by atoms with Gasteiger partial charge in [-0.25, -0.2) is 9.71 Å². The maximum absolute atomic E-state index is 10.9. The van der Waals surface area contributed by atoms with E-state index < -0.39 is 19.6 Å². The Morgan fingerprint density at radius 2 is 2.03 bits per heavy atom. The van der Waals surface area contributed by atoms with Gasteiger partial charge in [-0.05, 0) is 38.2 Å². The summed E-state index contributed by atoms with van der Waals surface area (Å²) in [5.74, 6) is 0.812. The molecule has 10 heteroatoms. The number of nitrogens with one attached hydrogen (secondary N) is 1. The highest BCUT2D eigenvalue weighted by Gasteiger charge is 2.31. The minimum absolute atomic E-state index is 0.102. The molecular formula is C19H22BrN2O5SSi-. The molecule has 0 aliphatic carbocycles. The number of nitrogens with zero attached hydrogens (tertiary/aromatic N) is 1. The number of aromatic hydroxyl groups is 1. The number of para-hydroxylation sites is 1. The minimum Gasteiger partial charge on any atom is -0.760 e. The molecule has 0 amide bonds. The van der Waals surface area contributed by atoms with Gasteiger partial charge < -0.3 is 18.5 Å². The van der Waals surface area contributed by atoms with Gasteiger partial charge >= 0.3 is 0 Å². The molecule has 0 saturated heterocycles. The molecule has 0 radical (unpaired) electrons. The summed E-state index contributed by atoms with van der Waals surface area (Å²) in [6, 6.07) is 11.4. The molecule has 2 atom stereocenters. The van der Waals surface area contributed by atoms with Crippen LogP contribution in [-0.2, 0) is 11.3 Å². The second-order valence-electron chi connectivity index (χ2n) is 7.46. The average Bonchev–Trinajstić information content (AvgIpc) is 2.96. The molecule has 3 rings (SSSR count). The van der Waals surface area contributed by atoms with E-state index in [1.54, 1.807) is 6.07 Å². The zero-order chi connectivity index (χ0) is 21.2. The Kier molecular flexibility index (Phi) is 6.79. The van der Waals surface area contributed by atoms with E-state index in [0.29, 0.717) is 17.9 Å². The van der Waals surface area contributed by atoms with Crippen molar-refractivity contribution in [1.82, 2.24) is 9.71 Å². The van der Waals surface area contributed by atoms with Gasteiger partial charge in [0.25, 0.3) is 0 Å². The molecule has 3 aromatic rings. The number of hydrogen-bond acceptors (Lipinski definition) is 6. The van der Waals surface area contributed by atoms with Crippen molar-refractivity contribution in [3.63, 3.8) is 0 Å². The second kappa shape index (κ2) is 8.96. The van der Waals surface area contributed by atoms with Crippen LogP contribution >= 0.6 is 15.9 Å². The summed E-state index contributed by atoms with van der Waals surface area (Å²) in [4.78, 5) is 4.24. The first-order valence-corrected chi connectivity index (χ1v) is 14.4. The summed E-state index contributed by atoms with van der Waals surface area (Å²) in [5, 5.41) is 11.9. The first kappa shape index (κ1) is 22.0. The van der Waals surface area contributed by atoms with Crippen LogP contribution in [0.5, 0.6) is 11.5 Å². The number of furan rings is 1. The van der Waals surface area contributed by atoms with E-state index in [1.807, 2.05) is 50.0 Å². The van der Waals surface area contributed by atoms with E-state index in [9.17, 15) is 13.9 Å². The number of hydrogen-bond donors (Lipinski definition) is 2. The highest BCUT2D eigenvalue weighted by Crippen LogP contribution is 2.48. The molecule has 29 heavy (non-hydrogen) atoms. The highest BCUT2D eigenvalue weighted by atomic mass is 79.9. The Morgan fingerprint density at radius 1 is 1.31 bits per heavy atom. The number of halogens is 1. The first-order valence-electron chi connectivity index (χ1n) is 9.03. The van der Waals surface area contributed by atoms with Crippen molar-refractivity contribution in [2.45, 2.75) is 30.9 Å². The smallest absolute Gasteiger partial charge is 0.242 e. The quantitative estimate of drug-likeness (QED) is 0.267. The number of alkyl halides is 1. The third kappa shape index (κ3) is 5.46. The fourth-order valence-corrected chi connectivity index (χ4v) is 4.43. The van der Waals surface area contributed by atoms with Gasteiger partial charge in [-0.15, -0.1) is 0 Å². The number of pyridine rings is 1. The van der Waals surface area contributed by atoms with Crippen LogP contribution in [0.25, 0.3) is 22.4 Å². The third-order valence-electron chi connectivity index (χ3n) is 4.01. The van der Waals surface area contributed by atoms with E-state index in [0.717, 1.165) is 10.9 Å². The molecule has 156 valence electrons. The Bertz CT molecular complexity index is 1040. The molecule has 0 bridgehead atoms. The molecule has 2 heterocycles. The standard InChI is InChI=1S/C19H23BrN2O5SSi/c1-29(2,3)27-19-16(23)18(26-17(19)13(20)10-11-21-28(24)25)15-9-8-12-6-4-5-7-14(12)22-15/h4-9,13,21,23H,10-11H2,1-3H3,(H,24,25)/p-1. The number of benzene rings is 1. The lowest BCUT2D eigenvalue weighted by Gasteiger charge is -2.20. The maximum Gasteiger partial charge on any atom is 0.242 e. The molecule has 0 fully saturated rings. The molecule has 0 aliphatic heterocycles. The van der Waals surface area contributed by atoms with Crippen molar-refractivity contribution in [3.05, 3.63) is 42.2 Å². The van der Waals surface area contributed by atoms with E-state index in [1.165, 1.54) is 0 Å². The fraction of sp³-hybridized carbons (Fsp3) is 0.316. The van der Waals surface area contributed by atoms with Crippen LogP contribution < -0.4 is 9.15 Å². The zero-order valence-corrected chi connectivity index (χ0v) is 19.7. The lowest BCUT2D eigenvalue weighted by Crippen LogP contribution is -2.29. The van der Waals surface area contributed by atoms with Crippen LogP contribution in [0.2, 0.25) is 19.6 Å². The Morgan fingerprint density at radius 3 is 2.72 bits per heavy atom. The lowest BCUT2D eigenvalue weighted by atomic mass is 10.2. The van der Waals surface area contributed by atoms with Crippen molar-refractivity contribution < 1.29 is 22.7 Å². The molecule has 2 aromatic heterocycles. The van der Waals surface area contributed by atoms with Crippen LogP contribution in [0.4, 0.5) is 0 Å². The second-order valence-corrected chi connectivity index (χ2v) is 13.8. The Balaban J connectivity index is 2.01. The third-order valence-corrected chi connectivity index (χ3v) is 6.14. The van der Waals surface area contributed by atoms with Gasteiger partial charge in [0.15, 0.2) is 17.3 Å². The summed E-state index contributed by atoms with van der Waals surface area (Å²) in [6.45, 7) is 6.22. The van der Waals surface area contributed by atoms with Crippen LogP contribution in [0.3, 0.4) is 0 Å². The fourth-order valence-electron chi connectivity index (χ4n) is 2.80. The minimum atomic E-state index is -2.34. The zero-order valence-electron chi connectivity index (χ0n) is 16.3. The predicted octanol–water partition coefficient (Wildman–Crippen LogP) is 4.62. The SMILES string of the molecule is C[Si](C)(C)Oc1c(C(Br)CCNS(=O)[O-])oc(-c2ccc3ccccc3n2)c1O. The topological polar surface area (TPSA) is 108 Å². The summed E-state index contributed by atoms with van der Waals surface area (Å²) >= 11 is 1.19. The lowest BCUT2D eigenvalue weighted by molar-refractivity contribution is 0.438. The van der Waals surface area contributed by atoms with Gasteiger partial charge in [0.1, 0.15) is 5.69 Å². The molecule has 0 saturated carbocycles. The number of rotatable bonds is 8. The molecule has 2 N–H and O–H groups in total. The van der Waals surface area contributed by atoms with Crippen molar-refractivity contribution in [3.8, 4) is 23.0 Å². The molecular weight excluding hydrogens is 476 g/mol. The predicted molar refractivity (Wildman–Crippen MR) is 118 cm³/mol. The highest BCUT2D eigenvalue weighted by molar-refractivity contribution is 9.09. The van der Waals surface area contributed by atoms with Gasteiger partial charge in [0.2, 0.25) is 14.1 Å². The van der Waals surface area contributed by atoms with Gasteiger partial charge in [0, 0.05) is 23.2 Å². The van der Waals surface area contributed by atoms with Gasteiger partial charge in [-0.3, -0.25) is 4.21 Å². The summed E-state index contributed by atoms with van der Waals surface area (Å²) in [5.41, 5.74) is 1.28. The van der Waals surface area contributed by atoms with Crippen molar-refractivity contribution in [2.24, 2.45) is 0 Å². The van der Waals surface area contributed by atoms with Crippen LogP contribution in [0.15, 0.2) is 40.8 Å². The Hall–Kier alpha value is -1.72. The van der Waals surface area contributed by atoms with E-state index >= 15 is 0 Å². The van der Waals surface area contributed by atoms with Crippen molar-refractivity contribution >= 4 is 46.4 Å². The van der Waals surface area contributed by atoms with Gasteiger partial charge in [-0.1, -0.05) is 40.2 Å².